The van der Waals surface area contributed by atoms with Crippen LogP contribution in [-0.2, 0) is 11.0 Å². The molecule has 1 aromatic carbocycles. The highest BCUT2D eigenvalue weighted by molar-refractivity contribution is 7.98. The summed E-state index contributed by atoms with van der Waals surface area (Å²) in [5.41, 5.74) is 10.1. The van der Waals surface area contributed by atoms with E-state index in [4.69, 9.17) is 11.5 Å². The summed E-state index contributed by atoms with van der Waals surface area (Å²) in [6, 6.07) is 5.08. The van der Waals surface area contributed by atoms with E-state index < -0.39 is 23.7 Å². The number of nitrogen functional groups attached to an aromatic ring is 1. The molecular weight excluding hydrogens is 381 g/mol. The van der Waals surface area contributed by atoms with Gasteiger partial charge in [0.25, 0.3) is 0 Å². The minimum Gasteiger partial charge on any atom is -0.368 e. The Kier molecular flexibility index (Phi) is 5.80. The van der Waals surface area contributed by atoms with Crippen molar-refractivity contribution < 1.29 is 18.0 Å². The minimum atomic E-state index is -4.59. The summed E-state index contributed by atoms with van der Waals surface area (Å²) in [5, 5.41) is 9.74. The molecule has 1 heterocycles. The molecule has 2 aromatic rings. The quantitative estimate of drug-likeness (QED) is 0.588. The van der Waals surface area contributed by atoms with Gasteiger partial charge in [-0.15, -0.1) is 11.8 Å². The van der Waals surface area contributed by atoms with E-state index in [9.17, 15) is 23.2 Å². The first-order valence-electron chi connectivity index (χ1n) is 7.47. The summed E-state index contributed by atoms with van der Waals surface area (Å²) in [6.45, 7) is 1.39. The Balaban J connectivity index is 2.78. The largest absolute Gasteiger partial charge is 0.416 e. The van der Waals surface area contributed by atoms with Crippen molar-refractivity contribution >= 4 is 35.1 Å². The van der Waals surface area contributed by atoms with Crippen LogP contribution in [0, 0.1) is 11.3 Å². The van der Waals surface area contributed by atoms with Crippen molar-refractivity contribution in [3.05, 3.63) is 35.4 Å². The van der Waals surface area contributed by atoms with E-state index >= 15 is 0 Å². The molecule has 0 aliphatic carbocycles. The molecule has 0 saturated carbocycles. The summed E-state index contributed by atoms with van der Waals surface area (Å²) < 4.78 is 39.3. The summed E-state index contributed by atoms with van der Waals surface area (Å²) >= 11 is 1.11. The van der Waals surface area contributed by atoms with Crippen LogP contribution in [0.5, 0.6) is 0 Å². The minimum absolute atomic E-state index is 0.0159. The average Bonchev–Trinajstić information content (AvgIpc) is 2.60. The van der Waals surface area contributed by atoms with Gasteiger partial charge in [-0.25, -0.2) is 4.98 Å². The molecule has 11 heteroatoms. The molecular formula is C16H15F3N6OS. The van der Waals surface area contributed by atoms with Crippen molar-refractivity contribution in [1.82, 2.24) is 9.97 Å². The van der Waals surface area contributed by atoms with Gasteiger partial charge in [-0.2, -0.15) is 23.4 Å². The number of nitrogens with two attached hydrogens (primary N) is 2. The molecule has 0 radical (unpaired) electrons. The molecule has 0 unspecified atom stereocenters. The smallest absolute Gasteiger partial charge is 0.368 e. The predicted octanol–water partition coefficient (Wildman–Crippen LogP) is 2.68. The number of halogens is 3. The van der Waals surface area contributed by atoms with E-state index in [-0.39, 0.29) is 28.0 Å². The third kappa shape index (κ3) is 4.22. The lowest BCUT2D eigenvalue weighted by Crippen LogP contribution is -2.41. The molecule has 0 saturated heterocycles. The van der Waals surface area contributed by atoms with Crippen LogP contribution in [0.3, 0.4) is 0 Å². The van der Waals surface area contributed by atoms with Gasteiger partial charge in [0, 0.05) is 5.69 Å². The van der Waals surface area contributed by atoms with Crippen LogP contribution in [0.25, 0.3) is 0 Å². The van der Waals surface area contributed by atoms with Crippen molar-refractivity contribution in [3.8, 4) is 6.07 Å². The first-order valence-corrected chi connectivity index (χ1v) is 8.70. The number of aromatic nitrogens is 2. The fourth-order valence-corrected chi connectivity index (χ4v) is 2.88. The van der Waals surface area contributed by atoms with Gasteiger partial charge in [0.1, 0.15) is 22.7 Å². The standard InChI is InChI=1S/C16H15F3N6OS/c1-8(12(21)26)25(10-5-3-4-9(6-10)16(17,18)19)13-11(7-20)14(27-2)24-15(22)23-13/h3-6,8H,1-2H3,(H2,21,26)(H2,22,23,24)/t8-/m0/s1. The third-order valence-corrected chi connectivity index (χ3v) is 4.34. The van der Waals surface area contributed by atoms with Gasteiger partial charge in [-0.3, -0.25) is 4.79 Å². The highest BCUT2D eigenvalue weighted by Crippen LogP contribution is 2.36. The van der Waals surface area contributed by atoms with E-state index in [2.05, 4.69) is 9.97 Å². The fourth-order valence-electron chi connectivity index (χ4n) is 2.35. The number of primary amides is 1. The maximum absolute atomic E-state index is 13.1. The molecule has 1 atom stereocenters. The monoisotopic (exact) mass is 396 g/mol. The molecule has 0 spiro atoms. The highest BCUT2D eigenvalue weighted by Gasteiger charge is 2.33. The van der Waals surface area contributed by atoms with Gasteiger partial charge in [0.15, 0.2) is 5.82 Å². The Hall–Kier alpha value is -3.00. The number of benzene rings is 1. The molecule has 1 aromatic heterocycles. The molecule has 1 amide bonds. The maximum Gasteiger partial charge on any atom is 0.416 e. The second-order valence-corrected chi connectivity index (χ2v) is 6.19. The van der Waals surface area contributed by atoms with E-state index in [0.717, 1.165) is 28.8 Å². The number of nitrogens with zero attached hydrogens (tertiary/aromatic N) is 4. The van der Waals surface area contributed by atoms with Gasteiger partial charge in [0.05, 0.1) is 5.56 Å². The molecule has 2 rings (SSSR count). The van der Waals surface area contributed by atoms with Crippen LogP contribution in [0.1, 0.15) is 18.1 Å². The van der Waals surface area contributed by atoms with E-state index in [1.54, 1.807) is 6.26 Å². The summed E-state index contributed by atoms with van der Waals surface area (Å²) in [7, 11) is 0. The number of nitriles is 1. The number of carbonyl (C=O) groups excluding carboxylic acids is 1. The Morgan fingerprint density at radius 1 is 1.37 bits per heavy atom. The van der Waals surface area contributed by atoms with Crippen molar-refractivity contribution in [1.29, 1.82) is 5.26 Å². The maximum atomic E-state index is 13.1. The lowest BCUT2D eigenvalue weighted by Gasteiger charge is -2.30. The van der Waals surface area contributed by atoms with E-state index in [1.807, 2.05) is 6.07 Å². The summed E-state index contributed by atoms with van der Waals surface area (Å²) in [5.74, 6) is -1.11. The fraction of sp³-hybridized carbons (Fsp3) is 0.250. The number of amides is 1. The van der Waals surface area contributed by atoms with Crippen molar-refractivity contribution in [2.45, 2.75) is 24.2 Å². The SMILES string of the molecule is CSc1nc(N)nc(N(c2cccc(C(F)(F)F)c2)[C@@H](C)C(N)=O)c1C#N. The molecule has 0 aliphatic heterocycles. The third-order valence-electron chi connectivity index (χ3n) is 3.66. The topological polar surface area (TPSA) is 122 Å². The highest BCUT2D eigenvalue weighted by atomic mass is 32.2. The van der Waals surface area contributed by atoms with E-state index in [1.165, 1.54) is 19.1 Å². The zero-order valence-corrected chi connectivity index (χ0v) is 15.1. The zero-order valence-electron chi connectivity index (χ0n) is 14.3. The van der Waals surface area contributed by atoms with Crippen molar-refractivity contribution in [3.63, 3.8) is 0 Å². The molecule has 27 heavy (non-hydrogen) atoms. The number of hydrogen-bond donors (Lipinski definition) is 2. The molecule has 4 N–H and O–H groups in total. The number of alkyl halides is 3. The number of hydrogen-bond acceptors (Lipinski definition) is 7. The normalized spacial score (nSPS) is 12.3. The van der Waals surface area contributed by atoms with Crippen molar-refractivity contribution in [2.24, 2.45) is 5.73 Å². The Bertz CT molecular complexity index is 912. The first kappa shape index (κ1) is 20.3. The number of carbonyl (C=O) groups is 1. The Labute approximate surface area is 157 Å². The number of thioether (sulfide) groups is 1. The summed E-state index contributed by atoms with van der Waals surface area (Å²) in [4.78, 5) is 20.9. The second-order valence-electron chi connectivity index (χ2n) is 5.40. The van der Waals surface area contributed by atoms with Crippen LogP contribution >= 0.6 is 11.8 Å². The van der Waals surface area contributed by atoms with Gasteiger partial charge in [-0.05, 0) is 31.4 Å². The molecule has 0 bridgehead atoms. The van der Waals surface area contributed by atoms with Gasteiger partial charge in [0.2, 0.25) is 11.9 Å². The molecule has 7 nitrogen and oxygen atoms in total. The molecule has 142 valence electrons. The predicted molar refractivity (Wildman–Crippen MR) is 95.2 cm³/mol. The van der Waals surface area contributed by atoms with Gasteiger partial charge in [-0.1, -0.05) is 6.07 Å². The number of rotatable bonds is 5. The van der Waals surface area contributed by atoms with Crippen LogP contribution in [0.2, 0.25) is 0 Å². The van der Waals surface area contributed by atoms with E-state index in [0.29, 0.717) is 0 Å². The second kappa shape index (κ2) is 7.71. The summed E-state index contributed by atoms with van der Waals surface area (Å²) in [6.07, 6.45) is -2.94. The van der Waals surface area contributed by atoms with Crippen LogP contribution in [0.15, 0.2) is 29.3 Å². The lowest BCUT2D eigenvalue weighted by atomic mass is 10.1. The van der Waals surface area contributed by atoms with Gasteiger partial charge >= 0.3 is 6.18 Å². The zero-order chi connectivity index (χ0) is 20.4. The lowest BCUT2D eigenvalue weighted by molar-refractivity contribution is -0.137. The van der Waals surface area contributed by atoms with Crippen LogP contribution in [0.4, 0.5) is 30.6 Å². The Morgan fingerprint density at radius 3 is 2.56 bits per heavy atom. The van der Waals surface area contributed by atoms with Crippen LogP contribution < -0.4 is 16.4 Å². The van der Waals surface area contributed by atoms with Crippen molar-refractivity contribution in [2.75, 3.05) is 16.9 Å². The molecule has 0 aliphatic rings. The first-order chi connectivity index (χ1) is 12.6. The average molecular weight is 396 g/mol. The Morgan fingerprint density at radius 2 is 2.04 bits per heavy atom. The molecule has 0 fully saturated rings. The number of anilines is 3. The van der Waals surface area contributed by atoms with Crippen LogP contribution in [-0.4, -0.2) is 28.2 Å². The van der Waals surface area contributed by atoms with Gasteiger partial charge < -0.3 is 16.4 Å².